The molecular formula is C35H43N5O2. The van der Waals surface area contributed by atoms with Crippen LogP contribution in [-0.4, -0.2) is 69.7 Å². The van der Waals surface area contributed by atoms with Gasteiger partial charge < -0.3 is 4.57 Å². The normalized spacial score (nSPS) is 17.4. The first kappa shape index (κ1) is 29.7. The maximum atomic E-state index is 11.6. The number of allylic oxidation sites excluding steroid dienone is 3. The Labute approximate surface area is 249 Å². The van der Waals surface area contributed by atoms with Gasteiger partial charge in [0.2, 0.25) is 0 Å². The number of carbonyl (C=O) groups excluding carboxylic acids is 1. The van der Waals surface area contributed by atoms with Gasteiger partial charge in [-0.15, -0.1) is 0 Å². The zero-order valence-electron chi connectivity index (χ0n) is 24.7. The van der Waals surface area contributed by atoms with Crippen molar-refractivity contribution in [3.63, 3.8) is 0 Å². The van der Waals surface area contributed by atoms with Gasteiger partial charge in [-0.2, -0.15) is 0 Å². The van der Waals surface area contributed by atoms with E-state index in [0.717, 1.165) is 63.3 Å². The first-order chi connectivity index (χ1) is 20.5. The maximum Gasteiger partial charge on any atom is 0.274 e. The molecule has 2 aromatic heterocycles. The lowest BCUT2D eigenvalue weighted by Gasteiger charge is -2.31. The molecule has 0 aliphatic carbocycles. The maximum absolute atomic E-state index is 11.6. The molecule has 5 rings (SSSR count). The lowest BCUT2D eigenvalue weighted by Crippen LogP contribution is -2.33. The van der Waals surface area contributed by atoms with Crippen molar-refractivity contribution in [3.8, 4) is 0 Å². The molecule has 7 nitrogen and oxygen atoms in total. The molecule has 0 bridgehead atoms. The molecule has 2 saturated heterocycles. The lowest BCUT2D eigenvalue weighted by atomic mass is 9.88. The highest BCUT2D eigenvalue weighted by Gasteiger charge is 2.22. The van der Waals surface area contributed by atoms with Crippen LogP contribution in [0.1, 0.15) is 60.0 Å². The number of aromatic nitrogens is 2. The number of pyridine rings is 1. The third kappa shape index (κ3) is 7.53. The van der Waals surface area contributed by atoms with Crippen LogP contribution in [0.4, 0.5) is 0 Å². The summed E-state index contributed by atoms with van der Waals surface area (Å²) in [4.78, 5) is 21.3. The number of hydrogen-bond acceptors (Lipinski definition) is 5. The van der Waals surface area contributed by atoms with Crippen LogP contribution in [0.15, 0.2) is 96.9 Å². The zero-order chi connectivity index (χ0) is 29.3. The third-order valence-corrected chi connectivity index (χ3v) is 8.67. The molecule has 0 saturated carbocycles. The second-order valence-corrected chi connectivity index (χ2v) is 11.5. The topological polar surface area (TPSA) is 73.6 Å². The predicted octanol–water partition coefficient (Wildman–Crippen LogP) is 6.09. The fourth-order valence-electron chi connectivity index (χ4n) is 6.15. The van der Waals surface area contributed by atoms with E-state index >= 15 is 0 Å². The van der Waals surface area contributed by atoms with Crippen molar-refractivity contribution in [1.82, 2.24) is 24.8 Å². The first-order valence-electron chi connectivity index (χ1n) is 15.1. The van der Waals surface area contributed by atoms with Gasteiger partial charge in [0.1, 0.15) is 5.65 Å². The smallest absolute Gasteiger partial charge is 0.274 e. The van der Waals surface area contributed by atoms with Gasteiger partial charge >= 0.3 is 0 Å². The average molecular weight is 566 g/mol. The van der Waals surface area contributed by atoms with Crippen molar-refractivity contribution >= 4 is 16.9 Å². The second kappa shape index (κ2) is 14.4. The standard InChI is InChI=1S/C35H43N5O2/c1-3-28-13-20-39(21-14-28)25-27(2)7-5-4-6-19-38-22-15-30(16-23-38)32-12-18-36-34-33(32)17-24-40(34)26-29-8-10-31(11-9-29)35(41)37-42/h3-12,17-18,24,30,42H,2,13-16,19-23,25-26H2,1H3,(H,37,41). The number of benzene rings is 1. The molecule has 42 heavy (non-hydrogen) atoms. The van der Waals surface area contributed by atoms with Gasteiger partial charge in [0, 0.05) is 56.1 Å². The quantitative estimate of drug-likeness (QED) is 0.135. The van der Waals surface area contributed by atoms with Gasteiger partial charge in [0.15, 0.2) is 0 Å². The first-order valence-corrected chi connectivity index (χ1v) is 15.1. The predicted molar refractivity (Wildman–Crippen MR) is 170 cm³/mol. The molecule has 1 aromatic carbocycles. The molecule has 2 aliphatic rings. The molecule has 4 heterocycles. The van der Waals surface area contributed by atoms with Crippen LogP contribution >= 0.6 is 0 Å². The number of hydrogen-bond donors (Lipinski definition) is 2. The number of rotatable bonds is 10. The van der Waals surface area contributed by atoms with Gasteiger partial charge in [0.05, 0.1) is 0 Å². The minimum absolute atomic E-state index is 0.426. The summed E-state index contributed by atoms with van der Waals surface area (Å²) >= 11 is 0. The fraction of sp³-hybridized carbons (Fsp3) is 0.371. The van der Waals surface area contributed by atoms with E-state index < -0.39 is 5.91 Å². The van der Waals surface area contributed by atoms with E-state index in [1.54, 1.807) is 23.2 Å². The van der Waals surface area contributed by atoms with Crippen LogP contribution < -0.4 is 5.48 Å². The van der Waals surface area contributed by atoms with E-state index in [2.05, 4.69) is 76.6 Å². The number of amides is 1. The highest BCUT2D eigenvalue weighted by molar-refractivity contribution is 5.93. The van der Waals surface area contributed by atoms with Gasteiger partial charge in [-0.3, -0.25) is 19.8 Å². The summed E-state index contributed by atoms with van der Waals surface area (Å²) in [5.74, 6) is 0.0245. The number of carbonyl (C=O) groups is 1. The molecule has 7 heteroatoms. The van der Waals surface area contributed by atoms with Gasteiger partial charge in [-0.1, -0.05) is 54.7 Å². The number of piperidine rings is 2. The molecule has 0 unspecified atom stereocenters. The van der Waals surface area contributed by atoms with Crippen molar-refractivity contribution in [2.24, 2.45) is 0 Å². The lowest BCUT2D eigenvalue weighted by molar-refractivity contribution is 0.0706. The molecule has 0 atom stereocenters. The van der Waals surface area contributed by atoms with E-state index in [1.165, 1.54) is 29.4 Å². The summed E-state index contributed by atoms with van der Waals surface area (Å²) in [6.45, 7) is 13.5. The number of nitrogens with one attached hydrogen (secondary N) is 1. The molecule has 2 fully saturated rings. The Kier molecular flexibility index (Phi) is 10.2. The number of likely N-dealkylation sites (tertiary alicyclic amines) is 2. The van der Waals surface area contributed by atoms with Crippen LogP contribution in [0.2, 0.25) is 0 Å². The zero-order valence-corrected chi connectivity index (χ0v) is 24.7. The summed E-state index contributed by atoms with van der Waals surface area (Å²) in [5.41, 5.74) is 8.31. The van der Waals surface area contributed by atoms with Crippen LogP contribution in [0.5, 0.6) is 0 Å². The van der Waals surface area contributed by atoms with E-state index in [1.807, 2.05) is 18.3 Å². The van der Waals surface area contributed by atoms with Crippen LogP contribution in [-0.2, 0) is 6.54 Å². The Morgan fingerprint density at radius 3 is 2.52 bits per heavy atom. The molecule has 3 aromatic rings. The summed E-state index contributed by atoms with van der Waals surface area (Å²) in [6.07, 6.45) is 19.7. The minimum Gasteiger partial charge on any atom is -0.328 e. The molecule has 2 N–H and O–H groups in total. The van der Waals surface area contributed by atoms with Gasteiger partial charge in [-0.05, 0) is 92.6 Å². The minimum atomic E-state index is -0.508. The summed E-state index contributed by atoms with van der Waals surface area (Å²) in [6, 6.07) is 11.6. The largest absolute Gasteiger partial charge is 0.328 e. The summed E-state index contributed by atoms with van der Waals surface area (Å²) < 4.78 is 2.16. The van der Waals surface area contributed by atoms with Gasteiger partial charge in [0.25, 0.3) is 5.91 Å². The molecule has 220 valence electrons. The van der Waals surface area contributed by atoms with Crippen molar-refractivity contribution in [2.75, 3.05) is 39.3 Å². The Hall–Kier alpha value is -3.78. The number of fused-ring (bicyclic) bond motifs is 1. The molecule has 1 amide bonds. The number of nitrogens with zero attached hydrogens (tertiary/aromatic N) is 4. The highest BCUT2D eigenvalue weighted by atomic mass is 16.5. The second-order valence-electron chi connectivity index (χ2n) is 11.5. The molecule has 0 radical (unpaired) electrons. The monoisotopic (exact) mass is 565 g/mol. The Bertz CT molecular complexity index is 1450. The van der Waals surface area contributed by atoms with E-state index in [0.29, 0.717) is 18.0 Å². The van der Waals surface area contributed by atoms with E-state index in [9.17, 15) is 4.79 Å². The van der Waals surface area contributed by atoms with Gasteiger partial charge in [-0.25, -0.2) is 10.5 Å². The fourth-order valence-corrected chi connectivity index (χ4v) is 6.15. The molecule has 2 aliphatic heterocycles. The Balaban J connectivity index is 1.09. The SMILES string of the molecule is C=C(C=CC=CCN1CCC(c2ccnc3c2ccn3Cc2ccc(C(=O)NO)cc2)CC1)CN1CCC(=CC)CC1. The summed E-state index contributed by atoms with van der Waals surface area (Å²) in [5, 5.41) is 10.1. The van der Waals surface area contributed by atoms with E-state index in [-0.39, 0.29) is 0 Å². The number of hydroxylamine groups is 1. The van der Waals surface area contributed by atoms with Crippen LogP contribution in [0.3, 0.4) is 0 Å². The highest BCUT2D eigenvalue weighted by Crippen LogP contribution is 2.33. The van der Waals surface area contributed by atoms with Crippen LogP contribution in [0.25, 0.3) is 11.0 Å². The molecule has 0 spiro atoms. The van der Waals surface area contributed by atoms with Crippen molar-refractivity contribution in [2.45, 2.75) is 45.1 Å². The van der Waals surface area contributed by atoms with Crippen molar-refractivity contribution < 1.29 is 10.0 Å². The van der Waals surface area contributed by atoms with Crippen molar-refractivity contribution in [1.29, 1.82) is 0 Å². The Morgan fingerprint density at radius 2 is 1.81 bits per heavy atom. The summed E-state index contributed by atoms with van der Waals surface area (Å²) in [7, 11) is 0. The van der Waals surface area contributed by atoms with Crippen LogP contribution in [0, 0.1) is 0 Å². The third-order valence-electron chi connectivity index (χ3n) is 8.67. The van der Waals surface area contributed by atoms with Crippen molar-refractivity contribution in [3.05, 3.63) is 114 Å². The average Bonchev–Trinajstić information content (AvgIpc) is 3.44. The van der Waals surface area contributed by atoms with E-state index in [4.69, 9.17) is 10.2 Å². The molecular weight excluding hydrogens is 522 g/mol. The Morgan fingerprint density at radius 1 is 1.05 bits per heavy atom.